The van der Waals surface area contributed by atoms with Crippen molar-refractivity contribution >= 4 is 23.8 Å². The number of hydrogen-bond donors (Lipinski definition) is 0. The molecule has 0 unspecified atom stereocenters. The van der Waals surface area contributed by atoms with Crippen LogP contribution in [0.25, 0.3) is 0 Å². The lowest BCUT2D eigenvalue weighted by Gasteiger charge is -1.94. The van der Waals surface area contributed by atoms with E-state index in [9.17, 15) is 14.9 Å². The van der Waals surface area contributed by atoms with E-state index in [1.165, 1.54) is 12.1 Å². The molecule has 0 radical (unpaired) electrons. The summed E-state index contributed by atoms with van der Waals surface area (Å²) in [5, 5.41) is 10.5. The summed E-state index contributed by atoms with van der Waals surface area (Å²) in [5.74, 6) is 0. The maximum absolute atomic E-state index is 10.3. The molecule has 0 heterocycles. The minimum atomic E-state index is -0.491. The zero-order valence-corrected chi connectivity index (χ0v) is 11.7. The highest BCUT2D eigenvalue weighted by atomic mass is 35.5. The molecule has 0 bridgehead atoms. The summed E-state index contributed by atoms with van der Waals surface area (Å²) in [6.45, 7) is 8.45. The molecule has 0 aliphatic rings. The summed E-state index contributed by atoms with van der Waals surface area (Å²) in [4.78, 5) is 19.0. The van der Waals surface area contributed by atoms with E-state index < -0.39 is 4.92 Å². The molecule has 1 rings (SSSR count). The van der Waals surface area contributed by atoms with Crippen molar-refractivity contribution in [3.63, 3.8) is 0 Å². The second kappa shape index (κ2) is 11.9. The minimum absolute atomic E-state index is 0.0355. The third-order valence-electron chi connectivity index (χ3n) is 1.53. The smallest absolute Gasteiger partial charge is 0.293 e. The van der Waals surface area contributed by atoms with Crippen LogP contribution in [-0.2, 0) is 9.53 Å². The van der Waals surface area contributed by atoms with Gasteiger partial charge in [0.25, 0.3) is 12.2 Å². The van der Waals surface area contributed by atoms with Gasteiger partial charge in [0.1, 0.15) is 5.02 Å². The van der Waals surface area contributed by atoms with E-state index in [1.54, 1.807) is 19.9 Å². The Kier molecular flexibility index (Phi) is 12.3. The van der Waals surface area contributed by atoms with E-state index in [1.807, 2.05) is 13.8 Å². The first-order valence-electron chi connectivity index (χ1n) is 5.48. The van der Waals surface area contributed by atoms with Crippen molar-refractivity contribution in [1.82, 2.24) is 0 Å². The maximum Gasteiger partial charge on any atom is 0.293 e. The van der Waals surface area contributed by atoms with Gasteiger partial charge in [-0.15, -0.1) is 0 Å². The van der Waals surface area contributed by atoms with Crippen LogP contribution in [-0.4, -0.2) is 18.0 Å². The largest absolute Gasteiger partial charge is 0.468 e. The predicted molar refractivity (Wildman–Crippen MR) is 71.9 cm³/mol. The highest BCUT2D eigenvalue weighted by Crippen LogP contribution is 2.24. The topological polar surface area (TPSA) is 69.4 Å². The van der Waals surface area contributed by atoms with Crippen LogP contribution < -0.4 is 0 Å². The Morgan fingerprint density at radius 3 is 2.28 bits per heavy atom. The van der Waals surface area contributed by atoms with Crippen LogP contribution in [0.3, 0.4) is 0 Å². The van der Waals surface area contributed by atoms with Crippen molar-refractivity contribution in [3.8, 4) is 0 Å². The first kappa shape index (κ1) is 18.7. The Bertz CT molecular complexity index is 369. The summed E-state index contributed by atoms with van der Waals surface area (Å²) in [6.07, 6.45) is 0. The normalized spacial score (nSPS) is 8.06. The number of rotatable bonds is 3. The van der Waals surface area contributed by atoms with Crippen molar-refractivity contribution < 1.29 is 14.5 Å². The van der Waals surface area contributed by atoms with E-state index in [4.69, 9.17) is 11.6 Å². The fourth-order valence-electron chi connectivity index (χ4n) is 0.831. The molecule has 0 saturated carbocycles. The van der Waals surface area contributed by atoms with E-state index in [-0.39, 0.29) is 10.7 Å². The number of nitrogens with zero attached hydrogens (tertiary/aromatic N) is 1. The maximum atomic E-state index is 10.3. The molecule has 1 aromatic carbocycles. The third-order valence-corrected chi connectivity index (χ3v) is 1.85. The minimum Gasteiger partial charge on any atom is -0.468 e. The van der Waals surface area contributed by atoms with Crippen molar-refractivity contribution in [1.29, 1.82) is 0 Å². The first-order chi connectivity index (χ1) is 8.52. The molecule has 0 fully saturated rings. The van der Waals surface area contributed by atoms with Crippen LogP contribution in [0.15, 0.2) is 18.2 Å². The monoisotopic (exact) mass is 275 g/mol. The van der Waals surface area contributed by atoms with Gasteiger partial charge >= 0.3 is 0 Å². The second-order valence-electron chi connectivity index (χ2n) is 2.76. The molecule has 0 saturated heterocycles. The molecule has 102 valence electrons. The number of halogens is 1. The number of hydrogen-bond acceptors (Lipinski definition) is 4. The average Bonchev–Trinajstić information content (AvgIpc) is 2.36. The highest BCUT2D eigenvalue weighted by Gasteiger charge is 2.10. The zero-order valence-electron chi connectivity index (χ0n) is 11.0. The number of carbonyl (C=O) groups excluding carboxylic acids is 1. The Morgan fingerprint density at radius 1 is 1.44 bits per heavy atom. The van der Waals surface area contributed by atoms with Crippen molar-refractivity contribution in [2.45, 2.75) is 27.7 Å². The lowest BCUT2D eigenvalue weighted by Crippen LogP contribution is -1.89. The number of benzene rings is 1. The van der Waals surface area contributed by atoms with E-state index >= 15 is 0 Å². The Morgan fingerprint density at radius 2 is 2.00 bits per heavy atom. The molecule has 18 heavy (non-hydrogen) atoms. The quantitative estimate of drug-likeness (QED) is 0.478. The molecular weight excluding hydrogens is 258 g/mol. The third kappa shape index (κ3) is 8.52. The fraction of sp³-hybridized carbons (Fsp3) is 0.417. The van der Waals surface area contributed by atoms with Gasteiger partial charge < -0.3 is 4.74 Å². The summed E-state index contributed by atoms with van der Waals surface area (Å²) in [6, 6.07) is 4.70. The van der Waals surface area contributed by atoms with Crippen LogP contribution in [0, 0.1) is 17.0 Å². The van der Waals surface area contributed by atoms with Crippen LogP contribution >= 0.6 is 11.6 Å². The SMILES string of the molecule is CC.CCOC=O.Cc1ccc(Cl)c([N+](=O)[O-])c1. The summed E-state index contributed by atoms with van der Waals surface area (Å²) in [5.41, 5.74) is 0.799. The summed E-state index contributed by atoms with van der Waals surface area (Å²) < 4.78 is 4.15. The molecule has 1 aromatic rings. The van der Waals surface area contributed by atoms with Crippen LogP contribution in [0.5, 0.6) is 0 Å². The van der Waals surface area contributed by atoms with E-state index in [0.29, 0.717) is 13.1 Å². The molecule has 0 aromatic heterocycles. The van der Waals surface area contributed by atoms with Crippen molar-refractivity contribution in [2.24, 2.45) is 0 Å². The molecule has 5 nitrogen and oxygen atoms in total. The average molecular weight is 276 g/mol. The van der Waals surface area contributed by atoms with E-state index in [2.05, 4.69) is 4.74 Å². The van der Waals surface area contributed by atoms with Crippen molar-refractivity contribution in [3.05, 3.63) is 38.9 Å². The lowest BCUT2D eigenvalue weighted by atomic mass is 10.2. The van der Waals surface area contributed by atoms with E-state index in [0.717, 1.165) is 5.56 Å². The standard InChI is InChI=1S/C7H6ClNO2.C3H6O2.C2H6/c1-5-2-3-6(8)7(4-5)9(10)11;1-2-5-3-4;1-2/h2-4H,1H3;3H,2H2,1H3;1-2H3. The summed E-state index contributed by atoms with van der Waals surface area (Å²) in [7, 11) is 0. The lowest BCUT2D eigenvalue weighted by molar-refractivity contribution is -0.384. The zero-order chi connectivity index (χ0) is 14.6. The second-order valence-corrected chi connectivity index (χ2v) is 3.17. The van der Waals surface area contributed by atoms with Crippen molar-refractivity contribution in [2.75, 3.05) is 6.61 Å². The molecule has 0 atom stereocenters. The molecule has 6 heteroatoms. The van der Waals surface area contributed by atoms with Gasteiger partial charge in [-0.25, -0.2) is 0 Å². The number of nitro benzene ring substituents is 1. The Balaban J connectivity index is 0. The predicted octanol–water partition coefficient (Wildman–Crippen LogP) is 3.76. The number of ether oxygens (including phenoxy) is 1. The van der Waals surface area contributed by atoms with Gasteiger partial charge in [0.05, 0.1) is 11.5 Å². The van der Waals surface area contributed by atoms with Gasteiger partial charge in [0.15, 0.2) is 0 Å². The van der Waals surface area contributed by atoms with Gasteiger partial charge in [-0.2, -0.15) is 0 Å². The first-order valence-corrected chi connectivity index (χ1v) is 5.86. The molecule has 0 N–H and O–H groups in total. The molecule has 0 aliphatic heterocycles. The van der Waals surface area contributed by atoms with Gasteiger partial charge in [-0.1, -0.05) is 31.5 Å². The van der Waals surface area contributed by atoms with Gasteiger partial charge in [-0.05, 0) is 25.5 Å². The molecule has 0 spiro atoms. The number of nitro groups is 1. The van der Waals surface area contributed by atoms with Gasteiger partial charge in [0.2, 0.25) is 0 Å². The number of carbonyl (C=O) groups is 1. The van der Waals surface area contributed by atoms with Gasteiger partial charge in [0, 0.05) is 6.07 Å². The highest BCUT2D eigenvalue weighted by molar-refractivity contribution is 6.32. The molecular formula is C12H18ClNO4. The molecule has 0 aliphatic carbocycles. The summed E-state index contributed by atoms with van der Waals surface area (Å²) >= 11 is 5.55. The fourth-order valence-corrected chi connectivity index (χ4v) is 1.02. The van der Waals surface area contributed by atoms with Crippen LogP contribution in [0.2, 0.25) is 5.02 Å². The van der Waals surface area contributed by atoms with Crippen LogP contribution in [0.1, 0.15) is 26.3 Å². The molecule has 0 amide bonds. The number of aryl methyl sites for hydroxylation is 1. The van der Waals surface area contributed by atoms with Crippen LogP contribution in [0.4, 0.5) is 5.69 Å². The Labute approximate surface area is 112 Å². The van der Waals surface area contributed by atoms with Gasteiger partial charge in [-0.3, -0.25) is 14.9 Å². The Hall–Kier alpha value is -1.62.